The van der Waals surface area contributed by atoms with E-state index >= 15 is 0 Å². The minimum absolute atomic E-state index is 0.00613. The van der Waals surface area contributed by atoms with Crippen molar-refractivity contribution in [3.63, 3.8) is 0 Å². The van der Waals surface area contributed by atoms with Crippen molar-refractivity contribution in [2.75, 3.05) is 13.7 Å². The van der Waals surface area contributed by atoms with Gasteiger partial charge in [-0.25, -0.2) is 8.42 Å². The third kappa shape index (κ3) is 2.44. The number of nitrogens with one attached hydrogen (secondary N) is 1. The van der Waals surface area contributed by atoms with Gasteiger partial charge in [0, 0.05) is 22.8 Å². The average Bonchev–Trinajstić information content (AvgIpc) is 2.47. The lowest BCUT2D eigenvalue weighted by Crippen LogP contribution is -2.24. The van der Waals surface area contributed by atoms with E-state index in [-0.39, 0.29) is 17.2 Å². The van der Waals surface area contributed by atoms with Crippen molar-refractivity contribution in [3.8, 4) is 5.75 Å². The largest absolute Gasteiger partial charge is 0.496 e. The van der Waals surface area contributed by atoms with E-state index < -0.39 is 9.05 Å². The molecule has 1 amide bonds. The lowest BCUT2D eigenvalue weighted by atomic mass is 10.0. The quantitative estimate of drug-likeness (QED) is 0.819. The predicted molar refractivity (Wildman–Crippen MR) is 66.5 cm³/mol. The second kappa shape index (κ2) is 4.78. The molecule has 0 atom stereocenters. The van der Waals surface area contributed by atoms with Crippen molar-refractivity contribution >= 4 is 25.6 Å². The van der Waals surface area contributed by atoms with Gasteiger partial charge < -0.3 is 10.1 Å². The molecule has 5 nitrogen and oxygen atoms in total. The number of carbonyl (C=O) groups excluding carboxylic acids is 1. The fraction of sp³-hybridized carbons (Fsp3) is 0.364. The van der Waals surface area contributed by atoms with E-state index in [2.05, 4.69) is 5.32 Å². The highest BCUT2D eigenvalue weighted by atomic mass is 35.7. The molecule has 1 N–H and O–H groups in total. The van der Waals surface area contributed by atoms with Gasteiger partial charge in [0.15, 0.2) is 0 Å². The third-order valence-corrected chi connectivity index (χ3v) is 4.27. The predicted octanol–water partition coefficient (Wildman–Crippen LogP) is 0.837. The van der Waals surface area contributed by atoms with E-state index in [0.717, 1.165) is 5.56 Å². The Morgan fingerprint density at radius 3 is 2.67 bits per heavy atom. The lowest BCUT2D eigenvalue weighted by Gasteiger charge is -2.13. The normalized spacial score (nSPS) is 15.6. The first-order valence-electron chi connectivity index (χ1n) is 5.33. The van der Waals surface area contributed by atoms with Crippen molar-refractivity contribution in [3.05, 3.63) is 23.3 Å². The van der Waals surface area contributed by atoms with Crippen molar-refractivity contribution in [2.45, 2.75) is 17.7 Å². The molecule has 0 saturated heterocycles. The Hall–Kier alpha value is -1.27. The highest BCUT2D eigenvalue weighted by molar-refractivity contribution is 8.13. The molecule has 1 aromatic rings. The smallest absolute Gasteiger partial charge is 0.261 e. The molecule has 1 aliphatic rings. The van der Waals surface area contributed by atoms with Crippen LogP contribution in [0.5, 0.6) is 5.75 Å². The Morgan fingerprint density at radius 1 is 1.33 bits per heavy atom. The van der Waals surface area contributed by atoms with E-state index in [1.54, 1.807) is 6.07 Å². The molecule has 1 aromatic carbocycles. The van der Waals surface area contributed by atoms with Gasteiger partial charge in [0.2, 0.25) is 5.91 Å². The van der Waals surface area contributed by atoms with Crippen molar-refractivity contribution in [1.29, 1.82) is 0 Å². The maximum absolute atomic E-state index is 11.5. The molecule has 0 fully saturated rings. The van der Waals surface area contributed by atoms with Crippen molar-refractivity contribution < 1.29 is 17.9 Å². The van der Waals surface area contributed by atoms with Gasteiger partial charge in [0.1, 0.15) is 5.75 Å². The zero-order valence-corrected chi connectivity index (χ0v) is 11.3. The zero-order valence-electron chi connectivity index (χ0n) is 9.70. The number of benzene rings is 1. The number of carbonyl (C=O) groups is 1. The second-order valence-corrected chi connectivity index (χ2v) is 6.47. The van der Waals surface area contributed by atoms with Crippen LogP contribution in [0, 0.1) is 0 Å². The Kier molecular flexibility index (Phi) is 3.49. The van der Waals surface area contributed by atoms with Crippen LogP contribution in [0.25, 0.3) is 0 Å². The minimum Gasteiger partial charge on any atom is -0.496 e. The number of fused-ring (bicyclic) bond motifs is 1. The van der Waals surface area contributed by atoms with Gasteiger partial charge >= 0.3 is 0 Å². The SMILES string of the molecule is COc1ccc(S(=O)(=O)Cl)c2c1CCNC(=O)C2. The number of rotatable bonds is 2. The molecule has 0 aliphatic carbocycles. The Balaban J connectivity index is 2.69. The molecular weight excluding hydrogens is 278 g/mol. The second-order valence-electron chi connectivity index (χ2n) is 3.94. The first-order valence-corrected chi connectivity index (χ1v) is 7.64. The van der Waals surface area contributed by atoms with Crippen LogP contribution in [-0.2, 0) is 26.7 Å². The van der Waals surface area contributed by atoms with Gasteiger partial charge in [0.25, 0.3) is 9.05 Å². The lowest BCUT2D eigenvalue weighted by molar-refractivity contribution is -0.120. The number of ether oxygens (including phenoxy) is 1. The molecule has 0 spiro atoms. The topological polar surface area (TPSA) is 72.5 Å². The van der Waals surface area contributed by atoms with Crippen LogP contribution >= 0.6 is 10.7 Å². The van der Waals surface area contributed by atoms with E-state index in [1.807, 2.05) is 0 Å². The average molecular weight is 290 g/mol. The third-order valence-electron chi connectivity index (χ3n) is 2.86. The summed E-state index contributed by atoms with van der Waals surface area (Å²) in [6.45, 7) is 0.452. The van der Waals surface area contributed by atoms with Gasteiger partial charge in [-0.2, -0.15) is 0 Å². The van der Waals surface area contributed by atoms with E-state index in [9.17, 15) is 13.2 Å². The standard InChI is InChI=1S/C11H12ClNO4S/c1-17-9-2-3-10(18(12,15)16)8-6-11(14)13-5-4-7(8)9/h2-3H,4-6H2,1H3,(H,13,14). The summed E-state index contributed by atoms with van der Waals surface area (Å²) in [5.41, 5.74) is 1.15. The molecular formula is C11H12ClNO4S. The summed E-state index contributed by atoms with van der Waals surface area (Å²) in [7, 11) is 3.02. The van der Waals surface area contributed by atoms with Crippen LogP contribution < -0.4 is 10.1 Å². The summed E-state index contributed by atoms with van der Waals surface area (Å²) in [6, 6.07) is 2.93. The highest BCUT2D eigenvalue weighted by Gasteiger charge is 2.25. The molecule has 98 valence electrons. The summed E-state index contributed by atoms with van der Waals surface area (Å²) >= 11 is 0. The van der Waals surface area contributed by atoms with Gasteiger partial charge in [-0.05, 0) is 24.1 Å². The molecule has 0 bridgehead atoms. The monoisotopic (exact) mass is 289 g/mol. The zero-order chi connectivity index (χ0) is 13.3. The number of amides is 1. The van der Waals surface area contributed by atoms with Crippen molar-refractivity contribution in [1.82, 2.24) is 5.32 Å². The molecule has 0 aromatic heterocycles. The first-order chi connectivity index (χ1) is 8.43. The molecule has 0 saturated carbocycles. The number of hydrogen-bond donors (Lipinski definition) is 1. The van der Waals surface area contributed by atoms with E-state index in [1.165, 1.54) is 13.2 Å². The Morgan fingerprint density at radius 2 is 2.06 bits per heavy atom. The molecule has 18 heavy (non-hydrogen) atoms. The van der Waals surface area contributed by atoms with Gasteiger partial charge in [-0.1, -0.05) is 0 Å². The highest BCUT2D eigenvalue weighted by Crippen LogP contribution is 2.31. The molecule has 1 aliphatic heterocycles. The van der Waals surface area contributed by atoms with Crippen LogP contribution in [0.3, 0.4) is 0 Å². The summed E-state index contributed by atoms with van der Waals surface area (Å²) in [4.78, 5) is 11.5. The van der Waals surface area contributed by atoms with Crippen LogP contribution in [0.4, 0.5) is 0 Å². The van der Waals surface area contributed by atoms with Gasteiger partial charge in [0.05, 0.1) is 18.4 Å². The van der Waals surface area contributed by atoms with E-state index in [4.69, 9.17) is 15.4 Å². The van der Waals surface area contributed by atoms with Gasteiger partial charge in [-0.3, -0.25) is 4.79 Å². The van der Waals surface area contributed by atoms with E-state index in [0.29, 0.717) is 24.3 Å². The molecule has 2 rings (SSSR count). The van der Waals surface area contributed by atoms with Crippen LogP contribution in [0.2, 0.25) is 0 Å². The van der Waals surface area contributed by atoms with Crippen LogP contribution in [0.1, 0.15) is 11.1 Å². The van der Waals surface area contributed by atoms with Gasteiger partial charge in [-0.15, -0.1) is 0 Å². The number of halogens is 1. The fourth-order valence-electron chi connectivity index (χ4n) is 2.09. The minimum atomic E-state index is -3.87. The maximum Gasteiger partial charge on any atom is 0.261 e. The molecule has 0 radical (unpaired) electrons. The number of hydrogen-bond acceptors (Lipinski definition) is 4. The first kappa shape index (κ1) is 13.2. The summed E-state index contributed by atoms with van der Waals surface area (Å²) < 4.78 is 28.2. The Labute approximate surface area is 110 Å². The summed E-state index contributed by atoms with van der Waals surface area (Å²) in [6.07, 6.45) is 0.512. The maximum atomic E-state index is 11.5. The molecule has 1 heterocycles. The fourth-order valence-corrected chi connectivity index (χ4v) is 3.24. The molecule has 7 heteroatoms. The summed E-state index contributed by atoms with van der Waals surface area (Å²) in [5.74, 6) is 0.356. The molecule has 0 unspecified atom stereocenters. The van der Waals surface area contributed by atoms with Crippen molar-refractivity contribution in [2.24, 2.45) is 0 Å². The Bertz CT molecular complexity index is 597. The van der Waals surface area contributed by atoms with Crippen LogP contribution in [0.15, 0.2) is 17.0 Å². The summed E-state index contributed by atoms with van der Waals surface area (Å²) in [5, 5.41) is 2.69. The van der Waals surface area contributed by atoms with Crippen LogP contribution in [-0.4, -0.2) is 28.0 Å². The number of methoxy groups -OCH3 is 1.